The lowest BCUT2D eigenvalue weighted by Gasteiger charge is -2.21. The lowest BCUT2D eigenvalue weighted by Crippen LogP contribution is -2.32. The molecule has 2 N–H and O–H groups in total. The molecule has 0 aromatic rings. The van der Waals surface area contributed by atoms with Gasteiger partial charge in [0.25, 0.3) is 0 Å². The van der Waals surface area contributed by atoms with Gasteiger partial charge in [-0.2, -0.15) is 0 Å². The van der Waals surface area contributed by atoms with Crippen molar-refractivity contribution in [3.05, 3.63) is 10.4 Å². The molecule has 12 heavy (non-hydrogen) atoms. The Bertz CT molecular complexity index is 158. The lowest BCUT2D eigenvalue weighted by atomic mass is 9.95. The molecule has 5 heteroatoms. The SMILES string of the molecule is CC[C@H](C)[C@@H](N=[N+]=[N-])[C@@H](O)CO. The maximum atomic E-state index is 9.24. The standard InChI is InChI=1S/C7H15N3O2/c1-3-5(2)7(9-10-8)6(12)4-11/h5-7,11-12H,3-4H2,1-2H3/t5-,6-,7+/m0/s1. The van der Waals surface area contributed by atoms with Crippen LogP contribution in [0.2, 0.25) is 0 Å². The number of rotatable bonds is 5. The van der Waals surface area contributed by atoms with Crippen LogP contribution in [0, 0.1) is 5.92 Å². The van der Waals surface area contributed by atoms with Crippen LogP contribution in [0.1, 0.15) is 20.3 Å². The molecule has 3 atom stereocenters. The fraction of sp³-hybridized carbons (Fsp3) is 1.00. The Kier molecular flexibility index (Phi) is 5.45. The first-order chi connectivity index (χ1) is 5.67. The van der Waals surface area contributed by atoms with Crippen molar-refractivity contribution < 1.29 is 10.2 Å². The summed E-state index contributed by atoms with van der Waals surface area (Å²) in [6.07, 6.45) is -0.142. The van der Waals surface area contributed by atoms with Crippen LogP contribution in [0.4, 0.5) is 0 Å². The molecular formula is C7H15N3O2. The summed E-state index contributed by atoms with van der Waals surface area (Å²) in [5.41, 5.74) is 8.19. The van der Waals surface area contributed by atoms with E-state index in [1.807, 2.05) is 13.8 Å². The molecule has 0 spiro atoms. The summed E-state index contributed by atoms with van der Waals surface area (Å²) < 4.78 is 0. The minimum atomic E-state index is -0.948. The summed E-state index contributed by atoms with van der Waals surface area (Å²) in [7, 11) is 0. The van der Waals surface area contributed by atoms with Gasteiger partial charge in [-0.15, -0.1) is 0 Å². The molecule has 0 radical (unpaired) electrons. The van der Waals surface area contributed by atoms with Crippen LogP contribution in [0.15, 0.2) is 5.11 Å². The summed E-state index contributed by atoms with van der Waals surface area (Å²) in [4.78, 5) is 2.63. The van der Waals surface area contributed by atoms with Crippen LogP contribution in [0.3, 0.4) is 0 Å². The number of hydrogen-bond acceptors (Lipinski definition) is 3. The van der Waals surface area contributed by atoms with E-state index in [0.29, 0.717) is 0 Å². The van der Waals surface area contributed by atoms with Gasteiger partial charge in [-0.3, -0.25) is 0 Å². The van der Waals surface area contributed by atoms with Gasteiger partial charge in [-0.05, 0) is 11.4 Å². The zero-order valence-corrected chi connectivity index (χ0v) is 7.38. The smallest absolute Gasteiger partial charge is 0.0858 e. The summed E-state index contributed by atoms with van der Waals surface area (Å²) in [5.74, 6) is 0.0862. The second-order valence-electron chi connectivity index (χ2n) is 2.83. The largest absolute Gasteiger partial charge is 0.394 e. The first-order valence-corrected chi connectivity index (χ1v) is 4.00. The predicted molar refractivity (Wildman–Crippen MR) is 45.5 cm³/mol. The highest BCUT2D eigenvalue weighted by atomic mass is 16.3. The molecule has 5 nitrogen and oxygen atoms in total. The molecule has 0 fully saturated rings. The van der Waals surface area contributed by atoms with Gasteiger partial charge in [0, 0.05) is 4.91 Å². The Morgan fingerprint density at radius 3 is 2.50 bits per heavy atom. The molecule has 0 saturated carbocycles. The van der Waals surface area contributed by atoms with E-state index in [9.17, 15) is 5.11 Å². The summed E-state index contributed by atoms with van der Waals surface area (Å²) >= 11 is 0. The topological polar surface area (TPSA) is 89.2 Å². The van der Waals surface area contributed by atoms with Gasteiger partial charge in [0.15, 0.2) is 0 Å². The monoisotopic (exact) mass is 173 g/mol. The molecule has 0 heterocycles. The van der Waals surface area contributed by atoms with E-state index in [0.717, 1.165) is 6.42 Å². The number of aliphatic hydroxyl groups is 2. The summed E-state index contributed by atoms with van der Waals surface area (Å²) in [6, 6.07) is -0.523. The average Bonchev–Trinajstić information content (AvgIpc) is 2.11. The molecule has 0 bridgehead atoms. The Hall–Kier alpha value is -0.770. The van der Waals surface area contributed by atoms with E-state index in [4.69, 9.17) is 10.6 Å². The normalized spacial score (nSPS) is 17.7. The molecule has 0 aromatic carbocycles. The fourth-order valence-electron chi connectivity index (χ4n) is 0.979. The van der Waals surface area contributed by atoms with E-state index in [-0.39, 0.29) is 12.5 Å². The van der Waals surface area contributed by atoms with E-state index in [2.05, 4.69) is 10.0 Å². The van der Waals surface area contributed by atoms with Gasteiger partial charge >= 0.3 is 0 Å². The third-order valence-electron chi connectivity index (χ3n) is 1.99. The van der Waals surface area contributed by atoms with Crippen LogP contribution in [-0.2, 0) is 0 Å². The van der Waals surface area contributed by atoms with E-state index in [1.54, 1.807) is 0 Å². The minimum Gasteiger partial charge on any atom is -0.394 e. The molecule has 0 aliphatic heterocycles. The van der Waals surface area contributed by atoms with Crippen LogP contribution in [0.5, 0.6) is 0 Å². The maximum absolute atomic E-state index is 9.24. The predicted octanol–water partition coefficient (Wildman–Crippen LogP) is 1.06. The van der Waals surface area contributed by atoms with Crippen molar-refractivity contribution in [1.82, 2.24) is 0 Å². The van der Waals surface area contributed by atoms with Gasteiger partial charge in [0.05, 0.1) is 18.8 Å². The van der Waals surface area contributed by atoms with Gasteiger partial charge in [0.2, 0.25) is 0 Å². The Labute approximate surface area is 71.7 Å². The molecule has 0 rings (SSSR count). The van der Waals surface area contributed by atoms with E-state index in [1.165, 1.54) is 0 Å². The summed E-state index contributed by atoms with van der Waals surface area (Å²) in [6.45, 7) is 3.45. The lowest BCUT2D eigenvalue weighted by molar-refractivity contribution is 0.0585. The zero-order valence-electron chi connectivity index (χ0n) is 7.38. The van der Waals surface area contributed by atoms with Gasteiger partial charge in [0.1, 0.15) is 0 Å². The maximum Gasteiger partial charge on any atom is 0.0858 e. The van der Waals surface area contributed by atoms with Crippen molar-refractivity contribution in [2.45, 2.75) is 32.4 Å². The Balaban J connectivity index is 4.30. The van der Waals surface area contributed by atoms with Crippen molar-refractivity contribution in [2.24, 2.45) is 11.0 Å². The Morgan fingerprint density at radius 2 is 2.17 bits per heavy atom. The first kappa shape index (κ1) is 11.2. The third-order valence-corrected chi connectivity index (χ3v) is 1.99. The van der Waals surface area contributed by atoms with Gasteiger partial charge in [-0.1, -0.05) is 25.4 Å². The van der Waals surface area contributed by atoms with Crippen molar-refractivity contribution >= 4 is 0 Å². The van der Waals surface area contributed by atoms with E-state index >= 15 is 0 Å². The number of azide groups is 1. The quantitative estimate of drug-likeness (QED) is 0.370. The van der Waals surface area contributed by atoms with Gasteiger partial charge in [-0.25, -0.2) is 0 Å². The molecule has 0 aliphatic rings. The molecule has 70 valence electrons. The average molecular weight is 173 g/mol. The van der Waals surface area contributed by atoms with E-state index < -0.39 is 12.1 Å². The van der Waals surface area contributed by atoms with Crippen molar-refractivity contribution in [2.75, 3.05) is 6.61 Å². The third kappa shape index (κ3) is 3.09. The number of hydrogen-bond donors (Lipinski definition) is 2. The van der Waals surface area contributed by atoms with Crippen molar-refractivity contribution in [1.29, 1.82) is 0 Å². The van der Waals surface area contributed by atoms with Gasteiger partial charge < -0.3 is 10.2 Å². The number of aliphatic hydroxyl groups excluding tert-OH is 2. The van der Waals surface area contributed by atoms with Crippen molar-refractivity contribution in [3.8, 4) is 0 Å². The second-order valence-corrected chi connectivity index (χ2v) is 2.83. The van der Waals surface area contributed by atoms with Crippen LogP contribution < -0.4 is 0 Å². The highest BCUT2D eigenvalue weighted by Gasteiger charge is 2.21. The Morgan fingerprint density at radius 1 is 1.58 bits per heavy atom. The molecule has 0 saturated heterocycles. The molecular weight excluding hydrogens is 158 g/mol. The molecule has 0 amide bonds. The molecule has 0 unspecified atom stereocenters. The summed E-state index contributed by atoms with van der Waals surface area (Å²) in [5, 5.41) is 21.3. The highest BCUT2D eigenvalue weighted by molar-refractivity contribution is 4.79. The fourth-order valence-corrected chi connectivity index (χ4v) is 0.979. The second kappa shape index (κ2) is 5.83. The minimum absolute atomic E-state index is 0.0862. The first-order valence-electron chi connectivity index (χ1n) is 4.00. The van der Waals surface area contributed by atoms with Crippen LogP contribution in [-0.4, -0.2) is 29.0 Å². The molecule has 0 aromatic heterocycles. The highest BCUT2D eigenvalue weighted by Crippen LogP contribution is 2.15. The zero-order chi connectivity index (χ0) is 9.56. The number of nitrogens with zero attached hydrogens (tertiary/aromatic N) is 3. The molecule has 0 aliphatic carbocycles. The van der Waals surface area contributed by atoms with Crippen LogP contribution in [0.25, 0.3) is 10.4 Å². The van der Waals surface area contributed by atoms with Crippen molar-refractivity contribution in [3.63, 3.8) is 0 Å². The van der Waals surface area contributed by atoms with Crippen LogP contribution >= 0.6 is 0 Å².